The fraction of sp³-hybridized carbons (Fsp3) is 0.176. The molecule has 0 unspecified atom stereocenters. The number of aryl methyl sites for hydroxylation is 1. The van der Waals surface area contributed by atoms with Crippen molar-refractivity contribution >= 4 is 23.2 Å². The van der Waals surface area contributed by atoms with E-state index in [2.05, 4.69) is 10.6 Å². The number of carbonyl (C=O) groups excluding carboxylic acids is 2. The Morgan fingerprint density at radius 2 is 2.00 bits per heavy atom. The summed E-state index contributed by atoms with van der Waals surface area (Å²) in [6.45, 7) is -0.346. The van der Waals surface area contributed by atoms with Crippen LogP contribution in [0.15, 0.2) is 36.4 Å². The summed E-state index contributed by atoms with van der Waals surface area (Å²) in [5, 5.41) is 5.00. The van der Waals surface area contributed by atoms with Gasteiger partial charge in [0.1, 0.15) is 17.4 Å². The molecule has 1 heterocycles. The molecular weight excluding hydrogens is 318 g/mol. The van der Waals surface area contributed by atoms with Crippen LogP contribution in [0.3, 0.4) is 0 Å². The summed E-state index contributed by atoms with van der Waals surface area (Å²) in [4.78, 5) is 23.1. The van der Waals surface area contributed by atoms with Gasteiger partial charge in [-0.1, -0.05) is 0 Å². The van der Waals surface area contributed by atoms with Gasteiger partial charge in [-0.05, 0) is 42.3 Å². The molecule has 124 valence electrons. The third-order valence-corrected chi connectivity index (χ3v) is 3.54. The lowest BCUT2D eigenvalue weighted by Crippen LogP contribution is -2.21. The molecule has 0 saturated carbocycles. The van der Waals surface area contributed by atoms with Gasteiger partial charge in [0.05, 0.1) is 5.69 Å². The highest BCUT2D eigenvalue weighted by atomic mass is 19.1. The number of nitrogens with one attached hydrogen (secondary N) is 2. The average molecular weight is 332 g/mol. The second-order valence-corrected chi connectivity index (χ2v) is 5.33. The quantitative estimate of drug-likeness (QED) is 0.905. The SMILES string of the molecule is O=C(COc1ccc2c(c1)CCC(=O)N2)Nc1cc(F)ccc1F. The molecule has 0 atom stereocenters. The minimum atomic E-state index is -0.728. The lowest BCUT2D eigenvalue weighted by Gasteiger charge is -2.17. The van der Waals surface area contributed by atoms with E-state index in [4.69, 9.17) is 4.74 Å². The van der Waals surface area contributed by atoms with Crippen molar-refractivity contribution < 1.29 is 23.1 Å². The van der Waals surface area contributed by atoms with Crippen LogP contribution in [-0.2, 0) is 16.0 Å². The molecule has 0 saturated heterocycles. The van der Waals surface area contributed by atoms with Crippen LogP contribution < -0.4 is 15.4 Å². The molecule has 1 aliphatic heterocycles. The first-order valence-corrected chi connectivity index (χ1v) is 7.32. The van der Waals surface area contributed by atoms with Crippen LogP contribution in [-0.4, -0.2) is 18.4 Å². The van der Waals surface area contributed by atoms with Gasteiger partial charge < -0.3 is 15.4 Å². The zero-order valence-corrected chi connectivity index (χ0v) is 12.6. The van der Waals surface area contributed by atoms with Crippen LogP contribution in [0.2, 0.25) is 0 Å². The number of carbonyl (C=O) groups is 2. The molecular formula is C17H14F2N2O3. The van der Waals surface area contributed by atoms with Crippen molar-refractivity contribution in [2.75, 3.05) is 17.2 Å². The molecule has 0 aliphatic carbocycles. The molecule has 0 radical (unpaired) electrons. The van der Waals surface area contributed by atoms with Crippen LogP contribution in [0.5, 0.6) is 5.75 Å². The average Bonchev–Trinajstić information content (AvgIpc) is 2.56. The maximum absolute atomic E-state index is 13.5. The Bertz CT molecular complexity index is 808. The van der Waals surface area contributed by atoms with Gasteiger partial charge in [-0.25, -0.2) is 8.78 Å². The van der Waals surface area contributed by atoms with E-state index in [-0.39, 0.29) is 18.2 Å². The highest BCUT2D eigenvalue weighted by Gasteiger charge is 2.15. The summed E-state index contributed by atoms with van der Waals surface area (Å²) in [5.74, 6) is -1.56. The van der Waals surface area contributed by atoms with Gasteiger partial charge in [0, 0.05) is 18.2 Å². The molecule has 2 aromatic carbocycles. The second-order valence-electron chi connectivity index (χ2n) is 5.33. The monoisotopic (exact) mass is 332 g/mol. The third kappa shape index (κ3) is 3.68. The van der Waals surface area contributed by atoms with Gasteiger partial charge in [0.2, 0.25) is 5.91 Å². The summed E-state index contributed by atoms with van der Waals surface area (Å²) < 4.78 is 31.9. The number of rotatable bonds is 4. The van der Waals surface area contributed by atoms with Crippen LogP contribution >= 0.6 is 0 Å². The summed E-state index contributed by atoms with van der Waals surface area (Å²) in [7, 11) is 0. The van der Waals surface area contributed by atoms with Crippen molar-refractivity contribution in [3.63, 3.8) is 0 Å². The van der Waals surface area contributed by atoms with Crippen LogP contribution in [0.25, 0.3) is 0 Å². The Balaban J connectivity index is 1.60. The van der Waals surface area contributed by atoms with E-state index in [1.807, 2.05) is 0 Å². The van der Waals surface area contributed by atoms with E-state index >= 15 is 0 Å². The molecule has 0 aromatic heterocycles. The van der Waals surface area contributed by atoms with Crippen molar-refractivity contribution in [1.29, 1.82) is 0 Å². The summed E-state index contributed by atoms with van der Waals surface area (Å²) >= 11 is 0. The van der Waals surface area contributed by atoms with Gasteiger partial charge in [-0.2, -0.15) is 0 Å². The standard InChI is InChI=1S/C17H14F2N2O3/c18-11-2-4-13(19)15(8-11)21-17(23)9-24-12-3-5-14-10(7-12)1-6-16(22)20-14/h2-5,7-8H,1,6,9H2,(H,20,22)(H,21,23). The number of benzene rings is 2. The van der Waals surface area contributed by atoms with Crippen LogP contribution in [0, 0.1) is 11.6 Å². The minimum absolute atomic E-state index is 0.0346. The molecule has 7 heteroatoms. The fourth-order valence-corrected chi connectivity index (χ4v) is 2.38. The smallest absolute Gasteiger partial charge is 0.262 e. The predicted octanol–water partition coefficient (Wildman–Crippen LogP) is 2.87. The molecule has 0 spiro atoms. The van der Waals surface area contributed by atoms with E-state index in [1.165, 1.54) is 0 Å². The van der Waals surface area contributed by atoms with Crippen molar-refractivity contribution in [2.24, 2.45) is 0 Å². The van der Waals surface area contributed by atoms with E-state index in [0.717, 1.165) is 29.4 Å². The number of halogens is 2. The molecule has 1 aliphatic rings. The van der Waals surface area contributed by atoms with Crippen molar-refractivity contribution in [1.82, 2.24) is 0 Å². The first-order chi connectivity index (χ1) is 11.5. The maximum Gasteiger partial charge on any atom is 0.262 e. The van der Waals surface area contributed by atoms with E-state index in [9.17, 15) is 18.4 Å². The van der Waals surface area contributed by atoms with Gasteiger partial charge >= 0.3 is 0 Å². The van der Waals surface area contributed by atoms with Gasteiger partial charge in [0.15, 0.2) is 6.61 Å². The van der Waals surface area contributed by atoms with Crippen molar-refractivity contribution in [3.05, 3.63) is 53.6 Å². The zero-order chi connectivity index (χ0) is 17.1. The molecule has 3 rings (SSSR count). The van der Waals surface area contributed by atoms with Gasteiger partial charge in [-0.15, -0.1) is 0 Å². The summed E-state index contributed by atoms with van der Waals surface area (Å²) in [5.41, 5.74) is 1.41. The molecule has 2 aromatic rings. The van der Waals surface area contributed by atoms with Crippen LogP contribution in [0.1, 0.15) is 12.0 Å². The van der Waals surface area contributed by atoms with Gasteiger partial charge in [0.25, 0.3) is 5.91 Å². The third-order valence-electron chi connectivity index (χ3n) is 3.54. The molecule has 0 bridgehead atoms. The lowest BCUT2D eigenvalue weighted by atomic mass is 10.0. The topological polar surface area (TPSA) is 67.4 Å². The number of hydrogen-bond donors (Lipinski definition) is 2. The summed E-state index contributed by atoms with van der Waals surface area (Å²) in [6.07, 6.45) is 0.995. The number of amides is 2. The highest BCUT2D eigenvalue weighted by molar-refractivity contribution is 5.94. The molecule has 24 heavy (non-hydrogen) atoms. The maximum atomic E-state index is 13.5. The highest BCUT2D eigenvalue weighted by Crippen LogP contribution is 2.26. The molecule has 5 nitrogen and oxygen atoms in total. The number of fused-ring (bicyclic) bond motifs is 1. The molecule has 2 N–H and O–H groups in total. The fourth-order valence-electron chi connectivity index (χ4n) is 2.38. The molecule has 2 amide bonds. The minimum Gasteiger partial charge on any atom is -0.484 e. The Labute approximate surface area is 136 Å². The molecule has 0 fully saturated rings. The first-order valence-electron chi connectivity index (χ1n) is 7.32. The zero-order valence-electron chi connectivity index (χ0n) is 12.6. The lowest BCUT2D eigenvalue weighted by molar-refractivity contribution is -0.118. The Kier molecular flexibility index (Phi) is 4.41. The second kappa shape index (κ2) is 6.66. The van der Waals surface area contributed by atoms with Crippen molar-refractivity contribution in [2.45, 2.75) is 12.8 Å². The van der Waals surface area contributed by atoms with Crippen molar-refractivity contribution in [3.8, 4) is 5.75 Å². The number of hydrogen-bond acceptors (Lipinski definition) is 3. The van der Waals surface area contributed by atoms with E-state index in [0.29, 0.717) is 18.6 Å². The van der Waals surface area contributed by atoms with E-state index in [1.54, 1.807) is 18.2 Å². The van der Waals surface area contributed by atoms with Crippen LogP contribution in [0.4, 0.5) is 20.2 Å². The van der Waals surface area contributed by atoms with Gasteiger partial charge in [-0.3, -0.25) is 9.59 Å². The Hall–Kier alpha value is -2.96. The largest absolute Gasteiger partial charge is 0.484 e. The predicted molar refractivity (Wildman–Crippen MR) is 83.9 cm³/mol. The Morgan fingerprint density at radius 3 is 2.83 bits per heavy atom. The number of ether oxygens (including phenoxy) is 1. The Morgan fingerprint density at radius 1 is 1.17 bits per heavy atom. The first kappa shape index (κ1) is 15.9. The number of anilines is 2. The summed E-state index contributed by atoms with van der Waals surface area (Å²) in [6, 6.07) is 7.86. The normalized spacial score (nSPS) is 13.0. The van der Waals surface area contributed by atoms with E-state index < -0.39 is 17.5 Å².